The van der Waals surface area contributed by atoms with Gasteiger partial charge in [0.2, 0.25) is 10.0 Å². The van der Waals surface area contributed by atoms with E-state index >= 15 is 0 Å². The van der Waals surface area contributed by atoms with Gasteiger partial charge >= 0.3 is 0 Å². The summed E-state index contributed by atoms with van der Waals surface area (Å²) in [5.74, 6) is 0. The molecule has 2 fully saturated rings. The van der Waals surface area contributed by atoms with Crippen molar-refractivity contribution in [1.29, 1.82) is 0 Å². The third-order valence-electron chi connectivity index (χ3n) is 6.17. The second-order valence-electron chi connectivity index (χ2n) is 7.74. The third kappa shape index (κ3) is 2.47. The van der Waals surface area contributed by atoms with Gasteiger partial charge in [-0.25, -0.2) is 12.7 Å². The van der Waals surface area contributed by atoms with Crippen molar-refractivity contribution in [3.63, 3.8) is 0 Å². The van der Waals surface area contributed by atoms with Gasteiger partial charge in [-0.05, 0) is 49.4 Å². The molecule has 3 aliphatic rings. The summed E-state index contributed by atoms with van der Waals surface area (Å²) in [5, 5.41) is -0.112. The molecule has 0 unspecified atom stereocenters. The van der Waals surface area contributed by atoms with Crippen LogP contribution >= 0.6 is 0 Å². The minimum atomic E-state index is -3.07. The molecule has 1 saturated heterocycles. The second kappa shape index (κ2) is 5.79. The van der Waals surface area contributed by atoms with Crippen LogP contribution in [0.5, 0.6) is 0 Å². The Labute approximate surface area is 154 Å². The number of benzene rings is 1. The Morgan fingerprint density at radius 2 is 1.81 bits per heavy atom. The number of fused-ring (bicyclic) bond motifs is 2. The number of nitrogens with zero attached hydrogens (tertiary/aromatic N) is 3. The van der Waals surface area contributed by atoms with E-state index in [2.05, 4.69) is 40.2 Å². The van der Waals surface area contributed by atoms with E-state index in [1.807, 2.05) is 12.3 Å². The maximum atomic E-state index is 12.6. The highest BCUT2D eigenvalue weighted by molar-refractivity contribution is 7.90. The summed E-state index contributed by atoms with van der Waals surface area (Å²) in [7, 11) is -3.07. The van der Waals surface area contributed by atoms with Gasteiger partial charge < -0.3 is 4.90 Å². The number of aromatic nitrogens is 1. The Kier molecular flexibility index (Phi) is 3.62. The first-order valence-electron chi connectivity index (χ1n) is 9.36. The van der Waals surface area contributed by atoms with E-state index in [0.717, 1.165) is 37.9 Å². The first kappa shape index (κ1) is 16.3. The minimum absolute atomic E-state index is 0.0298. The highest BCUT2D eigenvalue weighted by Gasteiger charge is 2.48. The van der Waals surface area contributed by atoms with Gasteiger partial charge in [-0.15, -0.1) is 0 Å². The summed E-state index contributed by atoms with van der Waals surface area (Å²) in [5.41, 5.74) is 3.72. The lowest BCUT2D eigenvalue weighted by atomic mass is 9.75. The van der Waals surface area contributed by atoms with Gasteiger partial charge in [0.1, 0.15) is 0 Å². The molecule has 0 bridgehead atoms. The molecule has 0 amide bonds. The molecule has 1 aromatic carbocycles. The molecule has 3 heterocycles. The Hall–Kier alpha value is -1.92. The zero-order valence-corrected chi connectivity index (χ0v) is 15.5. The molecule has 2 aliphatic heterocycles. The van der Waals surface area contributed by atoms with Crippen LogP contribution in [-0.4, -0.2) is 42.6 Å². The lowest BCUT2D eigenvalue weighted by Gasteiger charge is -2.39. The molecule has 0 atom stereocenters. The minimum Gasteiger partial charge on any atom is -0.339 e. The molecule has 0 radical (unpaired) electrons. The summed E-state index contributed by atoms with van der Waals surface area (Å²) in [6, 6.07) is 12.6. The summed E-state index contributed by atoms with van der Waals surface area (Å²) in [4.78, 5) is 6.62. The van der Waals surface area contributed by atoms with Crippen LogP contribution in [0.15, 0.2) is 48.8 Å². The highest BCUT2D eigenvalue weighted by atomic mass is 32.2. The molecule has 0 N–H and O–H groups in total. The van der Waals surface area contributed by atoms with E-state index in [4.69, 9.17) is 0 Å². The third-order valence-corrected chi connectivity index (χ3v) is 8.57. The summed E-state index contributed by atoms with van der Waals surface area (Å²) >= 11 is 0. The molecule has 1 aromatic heterocycles. The quantitative estimate of drug-likeness (QED) is 0.834. The number of piperidine rings is 1. The van der Waals surface area contributed by atoms with Crippen LogP contribution in [0.4, 0.5) is 11.4 Å². The van der Waals surface area contributed by atoms with E-state index in [0.29, 0.717) is 13.1 Å². The van der Waals surface area contributed by atoms with Gasteiger partial charge in [0.05, 0.1) is 17.1 Å². The molecule has 26 heavy (non-hydrogen) atoms. The fourth-order valence-corrected chi connectivity index (χ4v) is 6.39. The predicted molar refractivity (Wildman–Crippen MR) is 102 cm³/mol. The van der Waals surface area contributed by atoms with Crippen LogP contribution in [-0.2, 0) is 15.4 Å². The largest absolute Gasteiger partial charge is 0.339 e. The fraction of sp³-hybridized carbons (Fsp3) is 0.450. The van der Waals surface area contributed by atoms with Crippen molar-refractivity contribution in [3.05, 3.63) is 54.4 Å². The molecule has 1 spiro atoms. The van der Waals surface area contributed by atoms with Crippen LogP contribution in [0.25, 0.3) is 0 Å². The number of rotatable bonds is 3. The molecule has 2 aromatic rings. The standard InChI is InChI=1S/C20H23N3O2S/c24-26(25,17-7-8-17)22-12-9-20(10-13-22)15-23(16-4-3-11-21-14-16)19-6-2-1-5-18(19)20/h1-6,11,14,17H,7-10,12-13,15H2. The average Bonchev–Trinajstić information content (AvgIpc) is 3.49. The number of para-hydroxylation sites is 1. The van der Waals surface area contributed by atoms with Crippen molar-refractivity contribution in [2.45, 2.75) is 36.3 Å². The number of hydrogen-bond donors (Lipinski definition) is 0. The first-order chi connectivity index (χ1) is 12.6. The van der Waals surface area contributed by atoms with Crippen LogP contribution < -0.4 is 4.90 Å². The summed E-state index contributed by atoms with van der Waals surface area (Å²) in [6.45, 7) is 2.16. The SMILES string of the molecule is O=S(=O)(C1CC1)N1CCC2(CC1)CN(c1cccnc1)c1ccccc12. The molecule has 5 rings (SSSR count). The summed E-state index contributed by atoms with van der Waals surface area (Å²) in [6.07, 6.45) is 7.13. The van der Waals surface area contributed by atoms with Gasteiger partial charge in [0, 0.05) is 36.9 Å². The number of hydrogen-bond acceptors (Lipinski definition) is 4. The van der Waals surface area contributed by atoms with Crippen molar-refractivity contribution in [1.82, 2.24) is 9.29 Å². The van der Waals surface area contributed by atoms with Crippen molar-refractivity contribution >= 4 is 21.4 Å². The lowest BCUT2D eigenvalue weighted by molar-refractivity contribution is 0.246. The normalized spacial score (nSPS) is 22.5. The number of anilines is 2. The molecule has 136 valence electrons. The maximum absolute atomic E-state index is 12.6. The molecule has 5 nitrogen and oxygen atoms in total. The van der Waals surface area contributed by atoms with Crippen molar-refractivity contribution in [2.75, 3.05) is 24.5 Å². The van der Waals surface area contributed by atoms with E-state index in [1.165, 1.54) is 11.3 Å². The molecular formula is C20H23N3O2S. The fourth-order valence-electron chi connectivity index (χ4n) is 4.55. The van der Waals surface area contributed by atoms with Crippen LogP contribution in [0.2, 0.25) is 0 Å². The second-order valence-corrected chi connectivity index (χ2v) is 9.95. The van der Waals surface area contributed by atoms with E-state index in [9.17, 15) is 8.42 Å². The number of sulfonamides is 1. The molecular weight excluding hydrogens is 346 g/mol. The monoisotopic (exact) mass is 369 g/mol. The van der Waals surface area contributed by atoms with Crippen LogP contribution in [0, 0.1) is 0 Å². The Morgan fingerprint density at radius 1 is 1.04 bits per heavy atom. The van der Waals surface area contributed by atoms with E-state index in [1.54, 1.807) is 10.5 Å². The van der Waals surface area contributed by atoms with Crippen molar-refractivity contribution < 1.29 is 8.42 Å². The Morgan fingerprint density at radius 3 is 2.50 bits per heavy atom. The van der Waals surface area contributed by atoms with Crippen molar-refractivity contribution in [2.24, 2.45) is 0 Å². The van der Waals surface area contributed by atoms with Gasteiger partial charge in [0.25, 0.3) is 0 Å². The maximum Gasteiger partial charge on any atom is 0.216 e. The summed E-state index contributed by atoms with van der Waals surface area (Å²) < 4.78 is 26.9. The van der Waals surface area contributed by atoms with Gasteiger partial charge in [-0.3, -0.25) is 4.98 Å². The van der Waals surface area contributed by atoms with Crippen LogP contribution in [0.1, 0.15) is 31.2 Å². The Balaban J connectivity index is 1.45. The predicted octanol–water partition coefficient (Wildman–Crippen LogP) is 3.06. The highest BCUT2D eigenvalue weighted by Crippen LogP contribution is 2.50. The average molecular weight is 369 g/mol. The topological polar surface area (TPSA) is 53.5 Å². The Bertz CT molecular complexity index is 917. The molecule has 1 aliphatic carbocycles. The first-order valence-corrected chi connectivity index (χ1v) is 10.9. The number of pyridine rings is 1. The molecule has 6 heteroatoms. The molecule has 1 saturated carbocycles. The van der Waals surface area contributed by atoms with E-state index < -0.39 is 10.0 Å². The van der Waals surface area contributed by atoms with Gasteiger partial charge in [-0.1, -0.05) is 18.2 Å². The zero-order chi connectivity index (χ0) is 17.8. The van der Waals surface area contributed by atoms with Crippen LogP contribution in [0.3, 0.4) is 0 Å². The van der Waals surface area contributed by atoms with Gasteiger partial charge in [-0.2, -0.15) is 0 Å². The lowest BCUT2D eigenvalue weighted by Crippen LogP contribution is -2.47. The van der Waals surface area contributed by atoms with Crippen molar-refractivity contribution in [3.8, 4) is 0 Å². The zero-order valence-electron chi connectivity index (χ0n) is 14.7. The van der Waals surface area contributed by atoms with Gasteiger partial charge in [0.15, 0.2) is 0 Å². The van der Waals surface area contributed by atoms with E-state index in [-0.39, 0.29) is 10.7 Å². The smallest absolute Gasteiger partial charge is 0.216 e.